The molecular weight excluding hydrogens is 252 g/mol. The number of hydrogen-bond donors (Lipinski definition) is 0. The van der Waals surface area contributed by atoms with Crippen molar-refractivity contribution in [3.63, 3.8) is 0 Å². The Kier molecular flexibility index (Phi) is 3.61. The van der Waals surface area contributed by atoms with Crippen molar-refractivity contribution in [3.8, 4) is 0 Å². The summed E-state index contributed by atoms with van der Waals surface area (Å²) in [6.45, 7) is 1.86. The molecule has 0 aliphatic heterocycles. The van der Waals surface area contributed by atoms with Crippen molar-refractivity contribution >= 4 is 17.4 Å². The molecule has 1 aromatic carbocycles. The van der Waals surface area contributed by atoms with Crippen LogP contribution in [0.1, 0.15) is 11.4 Å². The van der Waals surface area contributed by atoms with Crippen LogP contribution < -0.4 is 0 Å². The molecule has 2 aromatic rings. The highest BCUT2D eigenvalue weighted by molar-refractivity contribution is 7.98. The van der Waals surface area contributed by atoms with Crippen LogP contribution in [0.25, 0.3) is 0 Å². The molecule has 0 atom stereocenters. The molecule has 0 N–H and O–H groups in total. The predicted octanol–water partition coefficient (Wildman–Crippen LogP) is 2.32. The lowest BCUT2D eigenvalue weighted by Crippen LogP contribution is -1.96. The van der Waals surface area contributed by atoms with E-state index in [2.05, 4.69) is 10.2 Å². The number of thioether (sulfide) groups is 1. The highest BCUT2D eigenvalue weighted by Crippen LogP contribution is 2.26. The van der Waals surface area contributed by atoms with Gasteiger partial charge in [0.2, 0.25) is 0 Å². The maximum Gasteiger partial charge on any atom is 0.273 e. The zero-order chi connectivity index (χ0) is 13.1. The van der Waals surface area contributed by atoms with Gasteiger partial charge in [0, 0.05) is 24.4 Å². The molecule has 1 heterocycles. The first-order valence-corrected chi connectivity index (χ1v) is 6.29. The van der Waals surface area contributed by atoms with E-state index in [0.717, 1.165) is 11.0 Å². The summed E-state index contributed by atoms with van der Waals surface area (Å²) in [6.07, 6.45) is 0. The molecule has 1 aromatic heterocycles. The van der Waals surface area contributed by atoms with E-state index in [1.807, 2.05) is 18.5 Å². The van der Waals surface area contributed by atoms with E-state index in [-0.39, 0.29) is 10.6 Å². The van der Waals surface area contributed by atoms with E-state index in [9.17, 15) is 10.1 Å². The van der Waals surface area contributed by atoms with Gasteiger partial charge >= 0.3 is 0 Å². The number of nitrogens with zero attached hydrogens (tertiary/aromatic N) is 4. The van der Waals surface area contributed by atoms with Gasteiger partial charge in [-0.2, -0.15) is 0 Å². The van der Waals surface area contributed by atoms with Gasteiger partial charge in [-0.15, -0.1) is 10.2 Å². The number of benzene rings is 1. The molecule has 0 spiro atoms. The second kappa shape index (κ2) is 5.18. The minimum Gasteiger partial charge on any atom is -0.309 e. The first-order valence-electron chi connectivity index (χ1n) is 5.30. The third-order valence-corrected chi connectivity index (χ3v) is 3.67. The second-order valence-corrected chi connectivity index (χ2v) is 4.71. The van der Waals surface area contributed by atoms with Gasteiger partial charge in [-0.3, -0.25) is 10.1 Å². The Morgan fingerprint density at radius 1 is 1.39 bits per heavy atom. The molecule has 0 amide bonds. The number of para-hydroxylation sites is 1. The second-order valence-electron chi connectivity index (χ2n) is 3.76. The van der Waals surface area contributed by atoms with Crippen LogP contribution in [0.15, 0.2) is 29.4 Å². The summed E-state index contributed by atoms with van der Waals surface area (Å²) in [5, 5.41) is 19.6. The van der Waals surface area contributed by atoms with Crippen LogP contribution in [0.2, 0.25) is 0 Å². The molecular formula is C11H12N4O2S. The molecule has 7 heteroatoms. The third-order valence-electron chi connectivity index (χ3n) is 2.60. The van der Waals surface area contributed by atoms with Crippen LogP contribution in [0.3, 0.4) is 0 Å². The van der Waals surface area contributed by atoms with Gasteiger partial charge < -0.3 is 4.57 Å². The van der Waals surface area contributed by atoms with Crippen molar-refractivity contribution in [1.82, 2.24) is 14.8 Å². The molecule has 2 rings (SSSR count). The lowest BCUT2D eigenvalue weighted by Gasteiger charge is -2.02. The summed E-state index contributed by atoms with van der Waals surface area (Å²) < 4.78 is 1.86. The lowest BCUT2D eigenvalue weighted by atomic mass is 10.2. The summed E-state index contributed by atoms with van der Waals surface area (Å²) in [5.41, 5.74) is 0.831. The van der Waals surface area contributed by atoms with Crippen LogP contribution in [0.5, 0.6) is 0 Å². The fourth-order valence-electron chi connectivity index (χ4n) is 1.47. The van der Waals surface area contributed by atoms with Crippen LogP contribution >= 0.6 is 11.8 Å². The lowest BCUT2D eigenvalue weighted by molar-refractivity contribution is -0.385. The van der Waals surface area contributed by atoms with Gasteiger partial charge in [0.25, 0.3) is 5.69 Å². The summed E-state index contributed by atoms with van der Waals surface area (Å²) >= 11 is 1.44. The Hall–Kier alpha value is -1.89. The molecule has 0 bridgehead atoms. The first-order chi connectivity index (χ1) is 8.59. The fraction of sp³-hybridized carbons (Fsp3) is 0.273. The zero-order valence-electron chi connectivity index (χ0n) is 10.0. The molecule has 0 aliphatic carbocycles. The van der Waals surface area contributed by atoms with Gasteiger partial charge in [-0.1, -0.05) is 30.0 Å². The van der Waals surface area contributed by atoms with Crippen molar-refractivity contribution in [1.29, 1.82) is 0 Å². The van der Waals surface area contributed by atoms with Crippen molar-refractivity contribution in [2.75, 3.05) is 0 Å². The molecule has 6 nitrogen and oxygen atoms in total. The number of aryl methyl sites for hydroxylation is 1. The number of aromatic nitrogens is 3. The van der Waals surface area contributed by atoms with Crippen molar-refractivity contribution < 1.29 is 4.92 Å². The Labute approximate surface area is 108 Å². The highest BCUT2D eigenvalue weighted by atomic mass is 32.2. The Balaban J connectivity index is 2.16. The van der Waals surface area contributed by atoms with Gasteiger partial charge in [-0.25, -0.2) is 0 Å². The van der Waals surface area contributed by atoms with Crippen LogP contribution in [0, 0.1) is 17.0 Å². The SMILES string of the molecule is Cc1nnc(SCc2ccccc2[N+](=O)[O-])n1C. The van der Waals surface area contributed by atoms with E-state index in [4.69, 9.17) is 0 Å². The first kappa shape index (κ1) is 12.6. The molecule has 18 heavy (non-hydrogen) atoms. The molecule has 0 radical (unpaired) electrons. The van der Waals surface area contributed by atoms with Crippen molar-refractivity contribution in [3.05, 3.63) is 45.8 Å². The number of hydrogen-bond acceptors (Lipinski definition) is 5. The van der Waals surface area contributed by atoms with E-state index >= 15 is 0 Å². The zero-order valence-corrected chi connectivity index (χ0v) is 10.8. The topological polar surface area (TPSA) is 73.8 Å². The Morgan fingerprint density at radius 3 is 2.72 bits per heavy atom. The molecule has 0 aliphatic rings. The maximum absolute atomic E-state index is 10.9. The summed E-state index contributed by atoms with van der Waals surface area (Å²) in [7, 11) is 1.87. The van der Waals surface area contributed by atoms with E-state index in [0.29, 0.717) is 11.3 Å². The van der Waals surface area contributed by atoms with E-state index in [1.54, 1.807) is 18.2 Å². The number of nitro benzene ring substituents is 1. The van der Waals surface area contributed by atoms with E-state index in [1.165, 1.54) is 17.8 Å². The minimum absolute atomic E-state index is 0.142. The standard InChI is InChI=1S/C11H12N4O2S/c1-8-12-13-11(14(8)2)18-7-9-5-3-4-6-10(9)15(16)17/h3-6H,7H2,1-2H3. The predicted molar refractivity (Wildman–Crippen MR) is 68.4 cm³/mol. The molecule has 0 saturated heterocycles. The minimum atomic E-state index is -0.363. The van der Waals surface area contributed by atoms with Crippen LogP contribution in [-0.4, -0.2) is 19.7 Å². The van der Waals surface area contributed by atoms with Crippen LogP contribution in [0.4, 0.5) is 5.69 Å². The molecule has 94 valence electrons. The average Bonchev–Trinajstić information content (AvgIpc) is 2.68. The Bertz CT molecular complexity index is 582. The summed E-state index contributed by atoms with van der Waals surface area (Å²) in [6, 6.07) is 6.73. The van der Waals surface area contributed by atoms with Gasteiger partial charge in [0.05, 0.1) is 4.92 Å². The summed E-state index contributed by atoms with van der Waals surface area (Å²) in [5.74, 6) is 1.32. The van der Waals surface area contributed by atoms with Gasteiger partial charge in [-0.05, 0) is 6.92 Å². The number of nitro groups is 1. The van der Waals surface area contributed by atoms with E-state index < -0.39 is 0 Å². The van der Waals surface area contributed by atoms with Gasteiger partial charge in [0.15, 0.2) is 5.16 Å². The molecule has 0 fully saturated rings. The highest BCUT2D eigenvalue weighted by Gasteiger charge is 2.14. The third kappa shape index (κ3) is 2.51. The van der Waals surface area contributed by atoms with Gasteiger partial charge in [0.1, 0.15) is 5.82 Å². The molecule has 0 saturated carbocycles. The Morgan fingerprint density at radius 2 is 2.11 bits per heavy atom. The monoisotopic (exact) mass is 264 g/mol. The quantitative estimate of drug-likeness (QED) is 0.481. The largest absolute Gasteiger partial charge is 0.309 e. The fourth-order valence-corrected chi connectivity index (χ4v) is 2.42. The molecule has 0 unspecified atom stereocenters. The summed E-state index contributed by atoms with van der Waals surface area (Å²) in [4.78, 5) is 10.5. The smallest absolute Gasteiger partial charge is 0.273 e. The van der Waals surface area contributed by atoms with Crippen molar-refractivity contribution in [2.45, 2.75) is 17.8 Å². The van der Waals surface area contributed by atoms with Crippen LogP contribution in [-0.2, 0) is 12.8 Å². The van der Waals surface area contributed by atoms with Crippen molar-refractivity contribution in [2.24, 2.45) is 7.05 Å². The normalized spacial score (nSPS) is 10.6. The number of rotatable bonds is 4. The average molecular weight is 264 g/mol. The maximum atomic E-state index is 10.9.